The first-order valence-electron chi connectivity index (χ1n) is 7.60. The van der Waals surface area contributed by atoms with E-state index in [1.54, 1.807) is 18.2 Å². The second-order valence-electron chi connectivity index (χ2n) is 5.85. The Bertz CT molecular complexity index is 562. The van der Waals surface area contributed by atoms with Crippen molar-refractivity contribution in [3.63, 3.8) is 0 Å². The molecule has 1 saturated carbocycles. The average Bonchev–Trinajstić information content (AvgIpc) is 2.48. The Morgan fingerprint density at radius 2 is 2.05 bits per heavy atom. The van der Waals surface area contributed by atoms with Gasteiger partial charge in [0.05, 0.1) is 17.1 Å². The van der Waals surface area contributed by atoms with Crippen molar-refractivity contribution in [2.45, 2.75) is 38.6 Å². The van der Waals surface area contributed by atoms with Crippen LogP contribution in [0.4, 0.5) is 5.69 Å². The summed E-state index contributed by atoms with van der Waals surface area (Å²) in [5.41, 5.74) is 6.13. The Kier molecular flexibility index (Phi) is 5.66. The number of primary amides is 1. The average molecular weight is 324 g/mol. The van der Waals surface area contributed by atoms with E-state index in [1.807, 2.05) is 0 Å². The van der Waals surface area contributed by atoms with Crippen LogP contribution in [-0.4, -0.2) is 24.4 Å². The minimum Gasteiger partial charge on any atom is -0.376 e. The van der Waals surface area contributed by atoms with Gasteiger partial charge in [-0.1, -0.05) is 31.4 Å². The lowest BCUT2D eigenvalue weighted by Crippen LogP contribution is -2.43. The van der Waals surface area contributed by atoms with E-state index in [9.17, 15) is 9.59 Å². The molecule has 22 heavy (non-hydrogen) atoms. The van der Waals surface area contributed by atoms with E-state index in [0.717, 1.165) is 12.8 Å². The number of amides is 2. The standard InChI is InChI=1S/C16H22ClN3O2/c1-10-4-2-3-5-14(10)20-15(21)9-19-11-6-7-13(17)12(8-11)16(18)22/h6-8,10,14,19H,2-5,9H2,1H3,(H2,18,22)(H,20,21)/t10-,14+/m0/s1. The van der Waals surface area contributed by atoms with Crippen molar-refractivity contribution in [2.75, 3.05) is 11.9 Å². The van der Waals surface area contributed by atoms with Crippen LogP contribution in [0.2, 0.25) is 5.02 Å². The quantitative estimate of drug-likeness (QED) is 0.778. The van der Waals surface area contributed by atoms with Crippen molar-refractivity contribution in [1.29, 1.82) is 0 Å². The molecule has 1 aliphatic rings. The molecule has 1 aromatic carbocycles. The van der Waals surface area contributed by atoms with Gasteiger partial charge in [-0.25, -0.2) is 0 Å². The van der Waals surface area contributed by atoms with Gasteiger partial charge in [-0.15, -0.1) is 0 Å². The van der Waals surface area contributed by atoms with Crippen molar-refractivity contribution in [3.8, 4) is 0 Å². The van der Waals surface area contributed by atoms with Crippen LogP contribution in [-0.2, 0) is 4.79 Å². The number of benzene rings is 1. The molecule has 2 atom stereocenters. The van der Waals surface area contributed by atoms with Gasteiger partial charge in [-0.3, -0.25) is 9.59 Å². The van der Waals surface area contributed by atoms with Crippen molar-refractivity contribution in [1.82, 2.24) is 5.32 Å². The zero-order chi connectivity index (χ0) is 16.1. The summed E-state index contributed by atoms with van der Waals surface area (Å²) in [5.74, 6) is -0.113. The molecule has 0 unspecified atom stereocenters. The number of carbonyl (C=O) groups excluding carboxylic acids is 2. The van der Waals surface area contributed by atoms with E-state index in [4.69, 9.17) is 17.3 Å². The second kappa shape index (κ2) is 7.49. The Hall–Kier alpha value is -1.75. The molecule has 0 aromatic heterocycles. The number of hydrogen-bond donors (Lipinski definition) is 3. The van der Waals surface area contributed by atoms with Crippen LogP contribution in [0, 0.1) is 5.92 Å². The Morgan fingerprint density at radius 1 is 1.32 bits per heavy atom. The fourth-order valence-corrected chi connectivity index (χ4v) is 3.01. The van der Waals surface area contributed by atoms with E-state index >= 15 is 0 Å². The lowest BCUT2D eigenvalue weighted by molar-refractivity contribution is -0.120. The maximum Gasteiger partial charge on any atom is 0.250 e. The van der Waals surface area contributed by atoms with Gasteiger partial charge < -0.3 is 16.4 Å². The third kappa shape index (κ3) is 4.37. The Labute approximate surface area is 135 Å². The van der Waals surface area contributed by atoms with Gasteiger partial charge >= 0.3 is 0 Å². The molecule has 4 N–H and O–H groups in total. The number of nitrogens with two attached hydrogens (primary N) is 1. The smallest absolute Gasteiger partial charge is 0.250 e. The summed E-state index contributed by atoms with van der Waals surface area (Å²) in [6.07, 6.45) is 4.62. The third-order valence-electron chi connectivity index (χ3n) is 4.14. The maximum absolute atomic E-state index is 12.0. The summed E-state index contributed by atoms with van der Waals surface area (Å²) in [6.45, 7) is 2.33. The molecule has 0 aliphatic heterocycles. The summed E-state index contributed by atoms with van der Waals surface area (Å²) in [7, 11) is 0. The molecular formula is C16H22ClN3O2. The molecule has 1 aliphatic carbocycles. The largest absolute Gasteiger partial charge is 0.376 e. The Balaban J connectivity index is 1.88. The molecule has 0 saturated heterocycles. The fourth-order valence-electron chi connectivity index (χ4n) is 2.79. The van der Waals surface area contributed by atoms with Crippen molar-refractivity contribution < 1.29 is 9.59 Å². The highest BCUT2D eigenvalue weighted by Gasteiger charge is 2.22. The van der Waals surface area contributed by atoms with Gasteiger partial charge in [0.1, 0.15) is 0 Å². The van der Waals surface area contributed by atoms with Gasteiger partial charge in [-0.05, 0) is 37.0 Å². The van der Waals surface area contributed by atoms with Crippen LogP contribution in [0.3, 0.4) is 0 Å². The maximum atomic E-state index is 12.0. The lowest BCUT2D eigenvalue weighted by Gasteiger charge is -2.29. The molecule has 0 bridgehead atoms. The highest BCUT2D eigenvalue weighted by Crippen LogP contribution is 2.23. The van der Waals surface area contributed by atoms with E-state index in [1.165, 1.54) is 12.8 Å². The monoisotopic (exact) mass is 323 g/mol. The van der Waals surface area contributed by atoms with Gasteiger partial charge in [0, 0.05) is 11.7 Å². The highest BCUT2D eigenvalue weighted by molar-refractivity contribution is 6.33. The summed E-state index contributed by atoms with van der Waals surface area (Å²) >= 11 is 5.89. The zero-order valence-electron chi connectivity index (χ0n) is 12.7. The summed E-state index contributed by atoms with van der Waals surface area (Å²) in [5, 5.41) is 6.37. The van der Waals surface area contributed by atoms with Crippen LogP contribution in [0.1, 0.15) is 43.0 Å². The predicted molar refractivity (Wildman–Crippen MR) is 88.0 cm³/mol. The molecule has 120 valence electrons. The molecule has 6 heteroatoms. The van der Waals surface area contributed by atoms with Gasteiger partial charge in [0.25, 0.3) is 0 Å². The van der Waals surface area contributed by atoms with Crippen molar-refractivity contribution in [2.24, 2.45) is 11.7 Å². The molecule has 1 fully saturated rings. The summed E-state index contributed by atoms with van der Waals surface area (Å²) < 4.78 is 0. The molecule has 5 nitrogen and oxygen atoms in total. The van der Waals surface area contributed by atoms with E-state index in [0.29, 0.717) is 16.6 Å². The normalized spacial score (nSPS) is 21.2. The molecule has 2 rings (SSSR count). The van der Waals surface area contributed by atoms with Gasteiger partial charge in [0.15, 0.2) is 0 Å². The molecule has 0 radical (unpaired) electrons. The highest BCUT2D eigenvalue weighted by atomic mass is 35.5. The van der Waals surface area contributed by atoms with Gasteiger partial charge in [0.2, 0.25) is 11.8 Å². The second-order valence-corrected chi connectivity index (χ2v) is 6.26. The van der Waals surface area contributed by atoms with E-state index < -0.39 is 5.91 Å². The zero-order valence-corrected chi connectivity index (χ0v) is 13.5. The molecule has 0 spiro atoms. The Morgan fingerprint density at radius 3 is 2.73 bits per heavy atom. The molecular weight excluding hydrogens is 302 g/mol. The predicted octanol–water partition coefficient (Wildman–Crippen LogP) is 2.55. The van der Waals surface area contributed by atoms with E-state index in [2.05, 4.69) is 17.6 Å². The summed E-state index contributed by atoms with van der Waals surface area (Å²) in [6, 6.07) is 5.12. The first-order valence-corrected chi connectivity index (χ1v) is 7.97. The van der Waals surface area contributed by atoms with Crippen LogP contribution in [0.25, 0.3) is 0 Å². The minimum atomic E-state index is -0.589. The minimum absolute atomic E-state index is 0.0469. The van der Waals surface area contributed by atoms with Crippen molar-refractivity contribution in [3.05, 3.63) is 28.8 Å². The van der Waals surface area contributed by atoms with Crippen molar-refractivity contribution >= 4 is 29.1 Å². The number of carbonyl (C=O) groups is 2. The van der Waals surface area contributed by atoms with Crippen LogP contribution >= 0.6 is 11.6 Å². The number of nitrogens with one attached hydrogen (secondary N) is 2. The first-order chi connectivity index (χ1) is 10.5. The third-order valence-corrected chi connectivity index (χ3v) is 4.47. The topological polar surface area (TPSA) is 84.2 Å². The summed E-state index contributed by atoms with van der Waals surface area (Å²) in [4.78, 5) is 23.3. The van der Waals surface area contributed by atoms with Crippen LogP contribution < -0.4 is 16.4 Å². The van der Waals surface area contributed by atoms with Gasteiger partial charge in [-0.2, -0.15) is 0 Å². The van der Waals surface area contributed by atoms with E-state index in [-0.39, 0.29) is 24.1 Å². The SMILES string of the molecule is C[C@H]1CCCC[C@H]1NC(=O)CNc1ccc(Cl)c(C(N)=O)c1. The fraction of sp³-hybridized carbons (Fsp3) is 0.500. The molecule has 1 aromatic rings. The molecule has 0 heterocycles. The number of halogens is 1. The first kappa shape index (κ1) is 16.6. The molecule has 2 amide bonds. The lowest BCUT2D eigenvalue weighted by atomic mass is 9.86. The van der Waals surface area contributed by atoms with Crippen LogP contribution in [0.15, 0.2) is 18.2 Å². The van der Waals surface area contributed by atoms with Crippen LogP contribution in [0.5, 0.6) is 0 Å². The number of anilines is 1. The number of hydrogen-bond acceptors (Lipinski definition) is 3. The number of rotatable bonds is 5.